The highest BCUT2D eigenvalue weighted by molar-refractivity contribution is 7.17. The van der Waals surface area contributed by atoms with Crippen molar-refractivity contribution < 1.29 is 23.4 Å². The molecule has 1 N–H and O–H groups in total. The Bertz CT molecular complexity index is 734. The third kappa shape index (κ3) is 1.79. The second kappa shape index (κ2) is 4.02. The zero-order chi connectivity index (χ0) is 14.7. The van der Waals surface area contributed by atoms with E-state index in [1.54, 1.807) is 13.8 Å². The van der Waals surface area contributed by atoms with Gasteiger partial charge in [0.05, 0.1) is 0 Å². The predicted octanol–water partition coefficient (Wildman–Crippen LogP) is 4.02. The van der Waals surface area contributed by atoms with Gasteiger partial charge >= 0.3 is 5.97 Å². The summed E-state index contributed by atoms with van der Waals surface area (Å²) in [6.07, 6.45) is 0. The number of hydrogen-bond donors (Lipinski definition) is 1. The Morgan fingerprint density at radius 3 is 2.65 bits per heavy atom. The van der Waals surface area contributed by atoms with Crippen LogP contribution in [0.25, 0.3) is 10.4 Å². The second-order valence-corrected chi connectivity index (χ2v) is 6.09. The normalized spacial score (nSPS) is 15.2. The maximum atomic E-state index is 13.9. The fraction of sp³-hybridized carbons (Fsp3) is 0.214. The van der Waals surface area contributed by atoms with Gasteiger partial charge in [-0.05, 0) is 26.0 Å². The molecule has 0 amide bonds. The van der Waals surface area contributed by atoms with E-state index in [0.717, 1.165) is 23.5 Å². The molecule has 0 saturated carbocycles. The van der Waals surface area contributed by atoms with Gasteiger partial charge in [0.2, 0.25) is 0 Å². The van der Waals surface area contributed by atoms with Crippen LogP contribution in [0.15, 0.2) is 18.2 Å². The van der Waals surface area contributed by atoms with E-state index in [1.165, 1.54) is 6.07 Å². The number of ether oxygens (including phenoxy) is 1. The predicted molar refractivity (Wildman–Crippen MR) is 70.3 cm³/mol. The molecule has 1 aliphatic heterocycles. The number of aromatic carboxylic acids is 1. The molecule has 2 heterocycles. The minimum atomic E-state index is -1.07. The van der Waals surface area contributed by atoms with Gasteiger partial charge in [-0.2, -0.15) is 0 Å². The van der Waals surface area contributed by atoms with Gasteiger partial charge in [-0.25, -0.2) is 13.6 Å². The SMILES string of the molecule is CC1(C)Oc2c(F)cc(F)cc2-c2sc(C(=O)O)cc21. The van der Waals surface area contributed by atoms with Crippen LogP contribution in [0, 0.1) is 11.6 Å². The second-order valence-electron chi connectivity index (χ2n) is 5.04. The lowest BCUT2D eigenvalue weighted by Gasteiger charge is -2.32. The molecule has 0 fully saturated rings. The zero-order valence-corrected chi connectivity index (χ0v) is 11.5. The number of carbonyl (C=O) groups is 1. The van der Waals surface area contributed by atoms with E-state index in [1.807, 2.05) is 0 Å². The molecule has 0 radical (unpaired) electrons. The van der Waals surface area contributed by atoms with Gasteiger partial charge in [0.25, 0.3) is 0 Å². The third-order valence-corrected chi connectivity index (χ3v) is 4.36. The first-order valence-corrected chi connectivity index (χ1v) is 6.67. The summed E-state index contributed by atoms with van der Waals surface area (Å²) in [4.78, 5) is 11.7. The molecule has 2 aromatic rings. The van der Waals surface area contributed by atoms with Gasteiger partial charge in [0.15, 0.2) is 11.6 Å². The third-order valence-electron chi connectivity index (χ3n) is 3.20. The lowest BCUT2D eigenvalue weighted by Crippen LogP contribution is -2.29. The van der Waals surface area contributed by atoms with E-state index in [2.05, 4.69) is 0 Å². The molecule has 0 unspecified atom stereocenters. The van der Waals surface area contributed by atoms with Gasteiger partial charge in [0, 0.05) is 22.1 Å². The monoisotopic (exact) mass is 296 g/mol. The van der Waals surface area contributed by atoms with Crippen molar-refractivity contribution in [2.75, 3.05) is 0 Å². The highest BCUT2D eigenvalue weighted by atomic mass is 32.1. The Hall–Kier alpha value is -1.95. The fourth-order valence-corrected chi connectivity index (χ4v) is 3.45. The number of hydrogen-bond acceptors (Lipinski definition) is 3. The Morgan fingerprint density at radius 2 is 2.00 bits per heavy atom. The standard InChI is InChI=1S/C14H10F2O3S/c1-14(2)8-5-10(13(17)18)20-12(8)7-3-6(15)4-9(16)11(7)19-14/h3-5H,1-2H3,(H,17,18). The van der Waals surface area contributed by atoms with Crippen molar-refractivity contribution >= 4 is 17.3 Å². The molecule has 0 spiro atoms. The van der Waals surface area contributed by atoms with Gasteiger partial charge in [-0.15, -0.1) is 11.3 Å². The minimum Gasteiger partial charge on any atom is -0.479 e. The number of carboxylic acids is 1. The Balaban J connectivity index is 2.33. The molecule has 0 saturated heterocycles. The van der Waals surface area contributed by atoms with Crippen molar-refractivity contribution in [2.45, 2.75) is 19.4 Å². The Morgan fingerprint density at radius 1 is 1.30 bits per heavy atom. The minimum absolute atomic E-state index is 0.0392. The summed E-state index contributed by atoms with van der Waals surface area (Å²) in [5, 5.41) is 9.08. The number of carboxylic acid groups (broad SMARTS) is 1. The first-order chi connectivity index (χ1) is 9.29. The molecule has 1 aromatic heterocycles. The van der Waals surface area contributed by atoms with E-state index in [-0.39, 0.29) is 16.2 Å². The van der Waals surface area contributed by atoms with Gasteiger partial charge < -0.3 is 9.84 Å². The van der Waals surface area contributed by atoms with Crippen molar-refractivity contribution in [1.29, 1.82) is 0 Å². The maximum absolute atomic E-state index is 13.9. The quantitative estimate of drug-likeness (QED) is 0.864. The van der Waals surface area contributed by atoms with E-state index >= 15 is 0 Å². The summed E-state index contributed by atoms with van der Waals surface area (Å²) >= 11 is 0.993. The molecule has 6 heteroatoms. The van der Waals surface area contributed by atoms with E-state index < -0.39 is 23.2 Å². The van der Waals surface area contributed by atoms with Crippen LogP contribution in [0.3, 0.4) is 0 Å². The van der Waals surface area contributed by atoms with E-state index in [9.17, 15) is 13.6 Å². The van der Waals surface area contributed by atoms with Crippen LogP contribution >= 0.6 is 11.3 Å². The molecule has 3 rings (SSSR count). The summed E-state index contributed by atoms with van der Waals surface area (Å²) in [6, 6.07) is 3.41. The lowest BCUT2D eigenvalue weighted by atomic mass is 9.92. The van der Waals surface area contributed by atoms with Crippen molar-refractivity contribution in [3.63, 3.8) is 0 Å². The van der Waals surface area contributed by atoms with Crippen LogP contribution in [-0.4, -0.2) is 11.1 Å². The van der Waals surface area contributed by atoms with Crippen LogP contribution < -0.4 is 4.74 Å². The molecule has 104 valence electrons. The molecule has 0 atom stereocenters. The largest absolute Gasteiger partial charge is 0.479 e. The average molecular weight is 296 g/mol. The lowest BCUT2D eigenvalue weighted by molar-refractivity contribution is 0.0701. The molecular formula is C14H10F2O3S. The van der Waals surface area contributed by atoms with Crippen molar-refractivity contribution in [1.82, 2.24) is 0 Å². The molecule has 3 nitrogen and oxygen atoms in total. The zero-order valence-electron chi connectivity index (χ0n) is 10.7. The van der Waals surface area contributed by atoms with Crippen LogP contribution in [0.1, 0.15) is 29.1 Å². The maximum Gasteiger partial charge on any atom is 0.345 e. The summed E-state index contributed by atoms with van der Waals surface area (Å²) in [6.45, 7) is 3.44. The van der Waals surface area contributed by atoms with E-state index in [0.29, 0.717) is 10.4 Å². The van der Waals surface area contributed by atoms with Crippen LogP contribution in [0.4, 0.5) is 8.78 Å². The van der Waals surface area contributed by atoms with Crippen molar-refractivity contribution in [2.24, 2.45) is 0 Å². The molecule has 0 bridgehead atoms. The van der Waals surface area contributed by atoms with Crippen molar-refractivity contribution in [3.05, 3.63) is 40.3 Å². The van der Waals surface area contributed by atoms with Gasteiger partial charge in [-0.1, -0.05) is 0 Å². The van der Waals surface area contributed by atoms with Crippen molar-refractivity contribution in [3.8, 4) is 16.2 Å². The summed E-state index contributed by atoms with van der Waals surface area (Å²) < 4.78 is 32.9. The highest BCUT2D eigenvalue weighted by Gasteiger charge is 2.37. The van der Waals surface area contributed by atoms with Crippen LogP contribution in [0.5, 0.6) is 5.75 Å². The van der Waals surface area contributed by atoms with Crippen LogP contribution in [-0.2, 0) is 5.60 Å². The first-order valence-electron chi connectivity index (χ1n) is 5.85. The Kier molecular flexibility index (Phi) is 2.62. The van der Waals surface area contributed by atoms with E-state index in [4.69, 9.17) is 9.84 Å². The molecule has 1 aliphatic rings. The number of thiophene rings is 1. The number of benzene rings is 1. The first kappa shape index (κ1) is 13.1. The summed E-state index contributed by atoms with van der Waals surface area (Å²) in [5.74, 6) is -2.62. The fourth-order valence-electron chi connectivity index (χ4n) is 2.29. The van der Waals surface area contributed by atoms with Crippen LogP contribution in [0.2, 0.25) is 0 Å². The molecule has 0 aliphatic carbocycles. The summed E-state index contributed by atoms with van der Waals surface area (Å²) in [7, 11) is 0. The smallest absolute Gasteiger partial charge is 0.345 e. The van der Waals surface area contributed by atoms with Gasteiger partial charge in [0.1, 0.15) is 16.3 Å². The Labute approximate surface area is 117 Å². The molecule has 1 aromatic carbocycles. The summed E-state index contributed by atoms with van der Waals surface area (Å²) in [5.41, 5.74) is 0.0114. The molecular weight excluding hydrogens is 286 g/mol. The number of halogens is 2. The number of rotatable bonds is 1. The molecule has 20 heavy (non-hydrogen) atoms. The van der Waals surface area contributed by atoms with Gasteiger partial charge in [-0.3, -0.25) is 0 Å². The average Bonchev–Trinajstić information content (AvgIpc) is 2.77. The number of fused-ring (bicyclic) bond motifs is 3. The highest BCUT2D eigenvalue weighted by Crippen LogP contribution is 2.50. The topological polar surface area (TPSA) is 46.5 Å².